The van der Waals surface area contributed by atoms with Crippen molar-refractivity contribution in [3.8, 4) is 0 Å². The van der Waals surface area contributed by atoms with E-state index in [0.717, 1.165) is 5.06 Å². The molecule has 0 spiro atoms. The third kappa shape index (κ3) is 5.67. The molecule has 0 fully saturated rings. The van der Waals surface area contributed by atoms with Gasteiger partial charge in [-0.1, -0.05) is 0 Å². The zero-order chi connectivity index (χ0) is 9.78. The highest BCUT2D eigenvalue weighted by molar-refractivity contribution is 5.71. The van der Waals surface area contributed by atoms with Crippen LogP contribution in [-0.2, 0) is 14.4 Å². The molecular formula is C7H13NO4. The van der Waals surface area contributed by atoms with Gasteiger partial charge in [-0.15, -0.1) is 0 Å². The molecule has 0 heterocycles. The van der Waals surface area contributed by atoms with Crippen LogP contribution in [0, 0.1) is 0 Å². The molecule has 0 atom stereocenters. The van der Waals surface area contributed by atoms with Gasteiger partial charge in [-0.2, -0.15) is 0 Å². The predicted molar refractivity (Wildman–Crippen MR) is 41.2 cm³/mol. The summed E-state index contributed by atoms with van der Waals surface area (Å²) in [5, 5.41) is 9.08. The summed E-state index contributed by atoms with van der Waals surface area (Å²) in [6.45, 7) is 4.74. The van der Waals surface area contributed by atoms with E-state index in [0.29, 0.717) is 6.41 Å². The zero-order valence-electron chi connectivity index (χ0n) is 7.40. The maximum Gasteiger partial charge on any atom is 0.325 e. The summed E-state index contributed by atoms with van der Waals surface area (Å²) in [6, 6.07) is 0. The Labute approximate surface area is 70.9 Å². The number of amides is 1. The molecule has 1 N–H and O–H groups in total. The van der Waals surface area contributed by atoms with Crippen LogP contribution >= 0.6 is 0 Å². The van der Waals surface area contributed by atoms with E-state index in [4.69, 9.17) is 9.94 Å². The number of hydrogen-bond donors (Lipinski definition) is 1. The molecule has 5 nitrogen and oxygen atoms in total. The first-order valence-corrected chi connectivity index (χ1v) is 3.48. The fraction of sp³-hybridized carbons (Fsp3) is 0.714. The molecule has 0 unspecified atom stereocenters. The van der Waals surface area contributed by atoms with E-state index in [-0.39, 0.29) is 0 Å². The second kappa shape index (κ2) is 4.06. The summed E-state index contributed by atoms with van der Waals surface area (Å²) in [6.07, 6.45) is 0.347. The zero-order valence-corrected chi connectivity index (χ0v) is 7.40. The second-order valence-electron chi connectivity index (χ2n) is 3.28. The average Bonchev–Trinajstić information content (AvgIpc) is 1.82. The molecule has 0 saturated heterocycles. The first-order valence-electron chi connectivity index (χ1n) is 3.48. The van der Waals surface area contributed by atoms with Crippen LogP contribution in [0.1, 0.15) is 20.8 Å². The minimum absolute atomic E-state index is 0.347. The van der Waals surface area contributed by atoms with Gasteiger partial charge >= 0.3 is 5.97 Å². The Hall–Kier alpha value is -1.10. The summed E-state index contributed by atoms with van der Waals surface area (Å²) in [5.74, 6) is -1.11. The lowest BCUT2D eigenvalue weighted by molar-refractivity contribution is -0.218. The molecule has 0 aromatic heterocycles. The molecule has 5 heteroatoms. The fourth-order valence-electron chi connectivity index (χ4n) is 0.576. The van der Waals surface area contributed by atoms with Gasteiger partial charge in [-0.3, -0.25) is 14.4 Å². The van der Waals surface area contributed by atoms with Gasteiger partial charge in [0, 0.05) is 0 Å². The van der Waals surface area contributed by atoms with Gasteiger partial charge < -0.3 is 5.11 Å². The molecule has 0 saturated carbocycles. The third-order valence-corrected chi connectivity index (χ3v) is 0.800. The molecule has 70 valence electrons. The highest BCUT2D eigenvalue weighted by atomic mass is 16.7. The lowest BCUT2D eigenvalue weighted by Gasteiger charge is -2.25. The van der Waals surface area contributed by atoms with Crippen LogP contribution in [0.15, 0.2) is 0 Å². The number of carboxylic acid groups (broad SMARTS) is 1. The summed E-state index contributed by atoms with van der Waals surface area (Å²) in [5.41, 5.74) is -0.559. The molecule has 0 aromatic carbocycles. The van der Waals surface area contributed by atoms with Crippen molar-refractivity contribution in [2.75, 3.05) is 6.54 Å². The minimum Gasteiger partial charge on any atom is -0.480 e. The normalized spacial score (nSPS) is 10.9. The number of aliphatic carboxylic acids is 1. The van der Waals surface area contributed by atoms with E-state index in [1.54, 1.807) is 20.8 Å². The third-order valence-electron chi connectivity index (χ3n) is 0.800. The lowest BCUT2D eigenvalue weighted by Crippen LogP contribution is -2.36. The summed E-state index contributed by atoms with van der Waals surface area (Å²) < 4.78 is 0. The van der Waals surface area contributed by atoms with Crippen LogP contribution in [0.2, 0.25) is 0 Å². The van der Waals surface area contributed by atoms with Gasteiger partial charge in [0.05, 0.1) is 5.60 Å². The van der Waals surface area contributed by atoms with Crippen molar-refractivity contribution in [2.24, 2.45) is 0 Å². The molecule has 0 aliphatic carbocycles. The highest BCUT2D eigenvalue weighted by Gasteiger charge is 2.17. The summed E-state index contributed by atoms with van der Waals surface area (Å²) >= 11 is 0. The molecule has 12 heavy (non-hydrogen) atoms. The Morgan fingerprint density at radius 2 is 2.08 bits per heavy atom. The maximum atomic E-state index is 10.3. The quantitative estimate of drug-likeness (QED) is 0.491. The number of carboxylic acids is 1. The monoisotopic (exact) mass is 175 g/mol. The van der Waals surface area contributed by atoms with E-state index in [9.17, 15) is 9.59 Å². The Kier molecular flexibility index (Phi) is 3.69. The van der Waals surface area contributed by atoms with E-state index in [1.807, 2.05) is 0 Å². The Bertz CT molecular complexity index is 173. The molecule has 0 aromatic rings. The highest BCUT2D eigenvalue weighted by Crippen LogP contribution is 2.08. The van der Waals surface area contributed by atoms with Crippen molar-refractivity contribution in [2.45, 2.75) is 26.4 Å². The van der Waals surface area contributed by atoms with Crippen LogP contribution in [0.3, 0.4) is 0 Å². The van der Waals surface area contributed by atoms with E-state index in [2.05, 4.69) is 0 Å². The first kappa shape index (κ1) is 10.9. The van der Waals surface area contributed by atoms with Crippen molar-refractivity contribution >= 4 is 12.4 Å². The standard InChI is InChI=1S/C7H13NO4/c1-7(2,3)12-8(5-9)4-6(10)11/h5H,4H2,1-3H3,(H,10,11). The molecule has 0 aliphatic rings. The SMILES string of the molecule is CC(C)(C)ON(C=O)CC(=O)O. The molecule has 0 radical (unpaired) electrons. The van der Waals surface area contributed by atoms with Crippen LogP contribution in [0.4, 0.5) is 0 Å². The van der Waals surface area contributed by atoms with Crippen LogP contribution < -0.4 is 0 Å². The van der Waals surface area contributed by atoms with Crippen molar-refractivity contribution in [3.05, 3.63) is 0 Å². The maximum absolute atomic E-state index is 10.3. The van der Waals surface area contributed by atoms with Crippen LogP contribution in [0.25, 0.3) is 0 Å². The molecule has 0 aliphatic heterocycles. The number of rotatable bonds is 4. The van der Waals surface area contributed by atoms with Gasteiger partial charge in [0.25, 0.3) is 0 Å². The first-order chi connectivity index (χ1) is 5.35. The summed E-state index contributed by atoms with van der Waals surface area (Å²) in [7, 11) is 0. The molecule has 0 bridgehead atoms. The number of hydroxylamine groups is 2. The average molecular weight is 175 g/mol. The Balaban J connectivity index is 4.00. The van der Waals surface area contributed by atoms with Gasteiger partial charge in [0.15, 0.2) is 0 Å². The number of carbonyl (C=O) groups excluding carboxylic acids is 1. The number of nitrogens with zero attached hydrogens (tertiary/aromatic N) is 1. The van der Waals surface area contributed by atoms with Gasteiger partial charge in [0.1, 0.15) is 6.54 Å². The minimum atomic E-state index is -1.11. The predicted octanol–water partition coefficient (Wildman–Crippen LogP) is 0.260. The fourth-order valence-corrected chi connectivity index (χ4v) is 0.576. The van der Waals surface area contributed by atoms with Crippen LogP contribution in [0.5, 0.6) is 0 Å². The van der Waals surface area contributed by atoms with Gasteiger partial charge in [0.2, 0.25) is 6.41 Å². The number of carbonyl (C=O) groups is 2. The van der Waals surface area contributed by atoms with Crippen LogP contribution in [-0.4, -0.2) is 34.7 Å². The van der Waals surface area contributed by atoms with E-state index in [1.165, 1.54) is 0 Å². The smallest absolute Gasteiger partial charge is 0.325 e. The Morgan fingerprint density at radius 3 is 2.33 bits per heavy atom. The van der Waals surface area contributed by atoms with Crippen molar-refractivity contribution in [3.63, 3.8) is 0 Å². The second-order valence-corrected chi connectivity index (χ2v) is 3.28. The van der Waals surface area contributed by atoms with Crippen molar-refractivity contribution < 1.29 is 19.5 Å². The topological polar surface area (TPSA) is 66.8 Å². The van der Waals surface area contributed by atoms with E-state index >= 15 is 0 Å². The largest absolute Gasteiger partial charge is 0.480 e. The summed E-state index contributed by atoms with van der Waals surface area (Å²) in [4.78, 5) is 25.4. The molecule has 0 rings (SSSR count). The van der Waals surface area contributed by atoms with Gasteiger partial charge in [-0.05, 0) is 20.8 Å². The number of hydrogen-bond acceptors (Lipinski definition) is 3. The Morgan fingerprint density at radius 1 is 1.58 bits per heavy atom. The molecular weight excluding hydrogens is 162 g/mol. The van der Waals surface area contributed by atoms with E-state index < -0.39 is 18.1 Å². The molecule has 1 amide bonds. The van der Waals surface area contributed by atoms with Crippen molar-refractivity contribution in [1.82, 2.24) is 5.06 Å². The lowest BCUT2D eigenvalue weighted by atomic mass is 10.2. The van der Waals surface area contributed by atoms with Gasteiger partial charge in [-0.25, -0.2) is 5.06 Å². The van der Waals surface area contributed by atoms with Crippen molar-refractivity contribution in [1.29, 1.82) is 0 Å².